The Morgan fingerprint density at radius 1 is 1.57 bits per heavy atom. The van der Waals surface area contributed by atoms with Crippen LogP contribution in [0, 0.1) is 0 Å². The van der Waals surface area contributed by atoms with Crippen molar-refractivity contribution in [2.75, 3.05) is 32.8 Å². The fourth-order valence-corrected chi connectivity index (χ4v) is 2.76. The molecular weight excluding hydrogens is 290 g/mol. The van der Waals surface area contributed by atoms with Crippen molar-refractivity contribution in [1.82, 2.24) is 10.2 Å². The van der Waals surface area contributed by atoms with Gasteiger partial charge in [0.05, 0.1) is 25.3 Å². The highest BCUT2D eigenvalue weighted by Gasteiger charge is 2.22. The van der Waals surface area contributed by atoms with E-state index in [4.69, 9.17) is 22.1 Å². The standard InChI is InChI=1S/C15H22ClN3O2/c1-11(13-4-2-3-5-14(13)16)18-15(20)10-19-6-7-21-12(8-17)9-19/h2-5,11-12H,6-10,17H2,1H3,(H,18,20). The van der Waals surface area contributed by atoms with Crippen LogP contribution in [0.4, 0.5) is 0 Å². The maximum absolute atomic E-state index is 12.1. The summed E-state index contributed by atoms with van der Waals surface area (Å²) in [7, 11) is 0. The Labute approximate surface area is 130 Å². The highest BCUT2D eigenvalue weighted by molar-refractivity contribution is 6.31. The van der Waals surface area contributed by atoms with Gasteiger partial charge < -0.3 is 15.8 Å². The molecule has 0 spiro atoms. The molecule has 5 nitrogen and oxygen atoms in total. The third kappa shape index (κ3) is 4.68. The van der Waals surface area contributed by atoms with Crippen molar-refractivity contribution >= 4 is 17.5 Å². The van der Waals surface area contributed by atoms with E-state index in [2.05, 4.69) is 10.2 Å². The molecule has 2 atom stereocenters. The van der Waals surface area contributed by atoms with Gasteiger partial charge in [-0.3, -0.25) is 9.69 Å². The highest BCUT2D eigenvalue weighted by atomic mass is 35.5. The largest absolute Gasteiger partial charge is 0.374 e. The number of benzene rings is 1. The molecule has 116 valence electrons. The molecule has 6 heteroatoms. The zero-order valence-corrected chi connectivity index (χ0v) is 13.0. The molecule has 2 unspecified atom stereocenters. The minimum Gasteiger partial charge on any atom is -0.374 e. The third-order valence-corrected chi connectivity index (χ3v) is 3.95. The number of amides is 1. The molecule has 0 bridgehead atoms. The van der Waals surface area contributed by atoms with Gasteiger partial charge in [0.1, 0.15) is 0 Å². The summed E-state index contributed by atoms with van der Waals surface area (Å²) >= 11 is 6.14. The van der Waals surface area contributed by atoms with Crippen molar-refractivity contribution in [3.05, 3.63) is 34.9 Å². The number of nitrogens with two attached hydrogens (primary N) is 1. The molecule has 1 amide bonds. The molecule has 1 aliphatic heterocycles. The van der Waals surface area contributed by atoms with Gasteiger partial charge in [0, 0.05) is 24.7 Å². The average molecular weight is 312 g/mol. The minimum absolute atomic E-state index is 0.0138. The lowest BCUT2D eigenvalue weighted by Gasteiger charge is -2.32. The number of hydrogen-bond acceptors (Lipinski definition) is 4. The van der Waals surface area contributed by atoms with Gasteiger partial charge in [-0.15, -0.1) is 0 Å². The molecular formula is C15H22ClN3O2. The number of rotatable bonds is 5. The maximum Gasteiger partial charge on any atom is 0.234 e. The number of nitrogens with one attached hydrogen (secondary N) is 1. The van der Waals surface area contributed by atoms with Gasteiger partial charge in [-0.25, -0.2) is 0 Å². The summed E-state index contributed by atoms with van der Waals surface area (Å²) in [4.78, 5) is 14.2. The molecule has 21 heavy (non-hydrogen) atoms. The van der Waals surface area contributed by atoms with E-state index in [0.717, 1.165) is 12.1 Å². The Morgan fingerprint density at radius 3 is 3.05 bits per heavy atom. The second kappa shape index (κ2) is 7.75. The lowest BCUT2D eigenvalue weighted by atomic mass is 10.1. The normalized spacial score (nSPS) is 21.0. The number of ether oxygens (including phenoxy) is 1. The topological polar surface area (TPSA) is 67.6 Å². The number of hydrogen-bond donors (Lipinski definition) is 2. The van der Waals surface area contributed by atoms with E-state index >= 15 is 0 Å². The summed E-state index contributed by atoms with van der Waals surface area (Å²) in [6.07, 6.45) is 0.0209. The lowest BCUT2D eigenvalue weighted by molar-refractivity contribution is -0.124. The monoisotopic (exact) mass is 311 g/mol. The molecule has 1 heterocycles. The number of nitrogens with zero attached hydrogens (tertiary/aromatic N) is 1. The summed E-state index contributed by atoms with van der Waals surface area (Å²) in [6.45, 7) is 4.84. The first-order valence-corrected chi connectivity index (χ1v) is 7.55. The fraction of sp³-hybridized carbons (Fsp3) is 0.533. The zero-order valence-electron chi connectivity index (χ0n) is 12.2. The zero-order chi connectivity index (χ0) is 15.2. The van der Waals surface area contributed by atoms with Crippen molar-refractivity contribution in [2.45, 2.75) is 19.1 Å². The van der Waals surface area contributed by atoms with E-state index in [9.17, 15) is 4.79 Å². The van der Waals surface area contributed by atoms with Gasteiger partial charge in [-0.05, 0) is 18.6 Å². The molecule has 0 saturated carbocycles. The summed E-state index contributed by atoms with van der Waals surface area (Å²) < 4.78 is 5.49. The van der Waals surface area contributed by atoms with Crippen LogP contribution in [0.25, 0.3) is 0 Å². The molecule has 0 aliphatic carbocycles. The Morgan fingerprint density at radius 2 is 2.33 bits per heavy atom. The van der Waals surface area contributed by atoms with Crippen molar-refractivity contribution < 1.29 is 9.53 Å². The smallest absolute Gasteiger partial charge is 0.234 e. The second-order valence-electron chi connectivity index (χ2n) is 5.27. The lowest BCUT2D eigenvalue weighted by Crippen LogP contribution is -2.49. The molecule has 1 aliphatic rings. The van der Waals surface area contributed by atoms with E-state index in [1.54, 1.807) is 0 Å². The van der Waals surface area contributed by atoms with E-state index < -0.39 is 0 Å². The van der Waals surface area contributed by atoms with Gasteiger partial charge in [0.25, 0.3) is 0 Å². The minimum atomic E-state index is -0.113. The molecule has 0 radical (unpaired) electrons. The summed E-state index contributed by atoms with van der Waals surface area (Å²) in [5.41, 5.74) is 6.53. The molecule has 1 saturated heterocycles. The second-order valence-corrected chi connectivity index (χ2v) is 5.68. The first-order valence-electron chi connectivity index (χ1n) is 7.18. The summed E-state index contributed by atoms with van der Waals surface area (Å²) in [6, 6.07) is 7.43. The Kier molecular flexibility index (Phi) is 5.99. The Bertz CT molecular complexity index is 484. The van der Waals surface area contributed by atoms with Gasteiger partial charge in [-0.1, -0.05) is 29.8 Å². The van der Waals surface area contributed by atoms with Gasteiger partial charge >= 0.3 is 0 Å². The predicted octanol–water partition coefficient (Wildman–Crippen LogP) is 1.18. The molecule has 1 aromatic carbocycles. The number of carbonyl (C=O) groups is 1. The first-order chi connectivity index (χ1) is 10.1. The van der Waals surface area contributed by atoms with E-state index in [-0.39, 0.29) is 18.1 Å². The van der Waals surface area contributed by atoms with Crippen LogP contribution in [-0.2, 0) is 9.53 Å². The number of morpholine rings is 1. The fourth-order valence-electron chi connectivity index (χ4n) is 2.46. The Balaban J connectivity index is 1.85. The van der Waals surface area contributed by atoms with Crippen LogP contribution in [0.5, 0.6) is 0 Å². The van der Waals surface area contributed by atoms with Gasteiger partial charge in [0.15, 0.2) is 0 Å². The number of halogens is 1. The van der Waals surface area contributed by atoms with Crippen molar-refractivity contribution in [2.24, 2.45) is 5.73 Å². The molecule has 3 N–H and O–H groups in total. The van der Waals surface area contributed by atoms with Gasteiger partial charge in [0.2, 0.25) is 5.91 Å². The van der Waals surface area contributed by atoms with Crippen LogP contribution in [-0.4, -0.2) is 49.7 Å². The molecule has 2 rings (SSSR count). The SMILES string of the molecule is CC(NC(=O)CN1CCOC(CN)C1)c1ccccc1Cl. The third-order valence-electron chi connectivity index (χ3n) is 3.60. The van der Waals surface area contributed by atoms with Crippen LogP contribution < -0.4 is 11.1 Å². The summed E-state index contributed by atoms with van der Waals surface area (Å²) in [5, 5.41) is 3.65. The van der Waals surface area contributed by atoms with Crippen molar-refractivity contribution in [3.63, 3.8) is 0 Å². The first kappa shape index (κ1) is 16.2. The van der Waals surface area contributed by atoms with E-state index in [1.165, 1.54) is 0 Å². The van der Waals surface area contributed by atoms with Crippen LogP contribution in [0.3, 0.4) is 0 Å². The highest BCUT2D eigenvalue weighted by Crippen LogP contribution is 2.21. The quantitative estimate of drug-likeness (QED) is 0.857. The van der Waals surface area contributed by atoms with Crippen molar-refractivity contribution in [3.8, 4) is 0 Å². The van der Waals surface area contributed by atoms with Gasteiger partial charge in [-0.2, -0.15) is 0 Å². The summed E-state index contributed by atoms with van der Waals surface area (Å²) in [5.74, 6) is -0.0138. The average Bonchev–Trinajstić information content (AvgIpc) is 2.47. The van der Waals surface area contributed by atoms with E-state index in [1.807, 2.05) is 31.2 Å². The van der Waals surface area contributed by atoms with Crippen LogP contribution in [0.15, 0.2) is 24.3 Å². The molecule has 1 fully saturated rings. The Hall–Kier alpha value is -1.14. The van der Waals surface area contributed by atoms with Crippen molar-refractivity contribution in [1.29, 1.82) is 0 Å². The van der Waals surface area contributed by atoms with Crippen LogP contribution >= 0.6 is 11.6 Å². The molecule has 0 aromatic heterocycles. The maximum atomic E-state index is 12.1. The number of carbonyl (C=O) groups excluding carboxylic acids is 1. The van der Waals surface area contributed by atoms with E-state index in [0.29, 0.717) is 31.3 Å². The molecule has 1 aromatic rings. The van der Waals surface area contributed by atoms with Crippen LogP contribution in [0.1, 0.15) is 18.5 Å². The predicted molar refractivity (Wildman–Crippen MR) is 83.2 cm³/mol. The van der Waals surface area contributed by atoms with Crippen LogP contribution in [0.2, 0.25) is 5.02 Å².